The standard InChI is InChI=1S/C16H16N2S/c1-2-14-11-18(16(17)19-14)10-13-8-5-7-12-6-3-4-9-15(12)13/h3-9,11,17H,2,10H2,1H3. The molecule has 0 saturated heterocycles. The summed E-state index contributed by atoms with van der Waals surface area (Å²) in [6.07, 6.45) is 3.11. The van der Waals surface area contributed by atoms with Gasteiger partial charge in [0, 0.05) is 11.1 Å². The Hall–Kier alpha value is -1.87. The molecule has 3 aromatic rings. The topological polar surface area (TPSA) is 28.8 Å². The molecule has 3 heteroatoms. The van der Waals surface area contributed by atoms with Gasteiger partial charge in [0.1, 0.15) is 0 Å². The molecule has 0 amide bonds. The van der Waals surface area contributed by atoms with Crippen LogP contribution in [0.25, 0.3) is 10.8 Å². The first-order valence-electron chi connectivity index (χ1n) is 6.48. The summed E-state index contributed by atoms with van der Waals surface area (Å²) < 4.78 is 2.03. The number of benzene rings is 2. The van der Waals surface area contributed by atoms with Crippen LogP contribution in [-0.4, -0.2) is 4.57 Å². The van der Waals surface area contributed by atoms with Crippen molar-refractivity contribution in [2.24, 2.45) is 0 Å². The van der Waals surface area contributed by atoms with Crippen molar-refractivity contribution in [1.29, 1.82) is 5.41 Å². The number of fused-ring (bicyclic) bond motifs is 1. The lowest BCUT2D eigenvalue weighted by Crippen LogP contribution is -2.12. The molecular weight excluding hydrogens is 252 g/mol. The van der Waals surface area contributed by atoms with E-state index in [1.807, 2.05) is 4.57 Å². The molecule has 0 atom stereocenters. The fraction of sp³-hybridized carbons (Fsp3) is 0.188. The minimum atomic E-state index is 0.629. The van der Waals surface area contributed by atoms with Gasteiger partial charge in [0.2, 0.25) is 0 Å². The van der Waals surface area contributed by atoms with Crippen LogP contribution in [0.2, 0.25) is 0 Å². The maximum absolute atomic E-state index is 8.03. The van der Waals surface area contributed by atoms with Crippen LogP contribution in [0.4, 0.5) is 0 Å². The summed E-state index contributed by atoms with van der Waals surface area (Å²) in [5, 5.41) is 10.6. The average molecular weight is 268 g/mol. The lowest BCUT2D eigenvalue weighted by Gasteiger charge is -2.07. The minimum absolute atomic E-state index is 0.629. The summed E-state index contributed by atoms with van der Waals surface area (Å²) in [4.78, 5) is 1.90. The van der Waals surface area contributed by atoms with Gasteiger partial charge in [0.25, 0.3) is 0 Å². The van der Waals surface area contributed by atoms with Gasteiger partial charge in [-0.15, -0.1) is 11.3 Å². The summed E-state index contributed by atoms with van der Waals surface area (Å²) >= 11 is 1.57. The molecule has 19 heavy (non-hydrogen) atoms. The smallest absolute Gasteiger partial charge is 0.182 e. The van der Waals surface area contributed by atoms with Crippen LogP contribution in [0.5, 0.6) is 0 Å². The third-order valence-corrected chi connectivity index (χ3v) is 4.44. The van der Waals surface area contributed by atoms with Gasteiger partial charge in [-0.05, 0) is 22.8 Å². The molecule has 0 bridgehead atoms. The third kappa shape index (κ3) is 2.34. The van der Waals surface area contributed by atoms with Crippen molar-refractivity contribution in [1.82, 2.24) is 4.57 Å². The molecule has 0 spiro atoms. The van der Waals surface area contributed by atoms with Crippen molar-refractivity contribution in [3.05, 3.63) is 63.9 Å². The Kier molecular flexibility index (Phi) is 3.22. The lowest BCUT2D eigenvalue weighted by molar-refractivity contribution is 0.760. The zero-order valence-corrected chi connectivity index (χ0v) is 11.7. The zero-order chi connectivity index (χ0) is 13.2. The van der Waals surface area contributed by atoms with Gasteiger partial charge in [-0.3, -0.25) is 5.41 Å². The van der Waals surface area contributed by atoms with E-state index in [0.29, 0.717) is 4.80 Å². The van der Waals surface area contributed by atoms with Gasteiger partial charge in [-0.2, -0.15) is 0 Å². The molecule has 1 aromatic heterocycles. The molecule has 0 saturated carbocycles. The molecule has 2 aromatic carbocycles. The highest BCUT2D eigenvalue weighted by Gasteiger charge is 2.04. The molecule has 1 heterocycles. The fourth-order valence-electron chi connectivity index (χ4n) is 2.34. The average Bonchev–Trinajstić information content (AvgIpc) is 2.80. The number of rotatable bonds is 3. The van der Waals surface area contributed by atoms with Gasteiger partial charge < -0.3 is 4.57 Å². The van der Waals surface area contributed by atoms with Gasteiger partial charge in [-0.1, -0.05) is 49.4 Å². The van der Waals surface area contributed by atoms with E-state index in [1.165, 1.54) is 21.2 Å². The lowest BCUT2D eigenvalue weighted by atomic mass is 10.0. The Morgan fingerprint density at radius 1 is 1.11 bits per heavy atom. The number of nitrogens with one attached hydrogen (secondary N) is 1. The Balaban J connectivity index is 2.05. The van der Waals surface area contributed by atoms with Crippen molar-refractivity contribution in [2.45, 2.75) is 19.9 Å². The SMILES string of the molecule is CCc1cn(Cc2cccc3ccccc23)c(=N)s1. The fourth-order valence-corrected chi connectivity index (χ4v) is 3.14. The van der Waals surface area contributed by atoms with Gasteiger partial charge in [-0.25, -0.2) is 0 Å². The first-order chi connectivity index (χ1) is 9.28. The maximum atomic E-state index is 8.03. The predicted molar refractivity (Wildman–Crippen MR) is 80.6 cm³/mol. The number of aryl methyl sites for hydroxylation is 1. The maximum Gasteiger partial charge on any atom is 0.182 e. The highest BCUT2D eigenvalue weighted by atomic mass is 32.1. The summed E-state index contributed by atoms with van der Waals surface area (Å²) in [5.74, 6) is 0. The van der Waals surface area contributed by atoms with E-state index in [4.69, 9.17) is 5.41 Å². The molecule has 2 nitrogen and oxygen atoms in total. The van der Waals surface area contributed by atoms with Crippen LogP contribution in [0.1, 0.15) is 17.4 Å². The quantitative estimate of drug-likeness (QED) is 0.749. The second-order valence-corrected chi connectivity index (χ2v) is 5.74. The highest BCUT2D eigenvalue weighted by molar-refractivity contribution is 7.09. The molecule has 1 N–H and O–H groups in total. The van der Waals surface area contributed by atoms with Gasteiger partial charge >= 0.3 is 0 Å². The number of thiazole rings is 1. The molecule has 3 rings (SSSR count). The Bertz CT molecular complexity index is 762. The van der Waals surface area contributed by atoms with E-state index in [2.05, 4.69) is 55.6 Å². The number of nitrogens with zero attached hydrogens (tertiary/aromatic N) is 1. The molecule has 0 fully saturated rings. The molecule has 96 valence electrons. The molecule has 0 unspecified atom stereocenters. The predicted octanol–water partition coefficient (Wildman–Crippen LogP) is 3.79. The van der Waals surface area contributed by atoms with E-state index in [9.17, 15) is 0 Å². The van der Waals surface area contributed by atoms with Crippen LogP contribution in [-0.2, 0) is 13.0 Å². The van der Waals surface area contributed by atoms with Crippen molar-refractivity contribution >= 4 is 22.1 Å². The summed E-state index contributed by atoms with van der Waals surface area (Å²) in [6.45, 7) is 2.91. The summed E-state index contributed by atoms with van der Waals surface area (Å²) in [6, 6.07) is 14.8. The van der Waals surface area contributed by atoms with E-state index in [1.54, 1.807) is 11.3 Å². The first kappa shape index (κ1) is 12.2. The Morgan fingerprint density at radius 2 is 1.89 bits per heavy atom. The molecule has 0 aliphatic carbocycles. The summed E-state index contributed by atoms with van der Waals surface area (Å²) in [5.41, 5.74) is 1.28. The molecule has 0 aliphatic rings. The Labute approximate surface area is 116 Å². The van der Waals surface area contributed by atoms with Gasteiger partial charge in [0.15, 0.2) is 4.80 Å². The van der Waals surface area contributed by atoms with E-state index >= 15 is 0 Å². The number of hydrogen-bond acceptors (Lipinski definition) is 2. The molecular formula is C16H16N2S. The second kappa shape index (κ2) is 5.02. The monoisotopic (exact) mass is 268 g/mol. The first-order valence-corrected chi connectivity index (χ1v) is 7.30. The number of hydrogen-bond donors (Lipinski definition) is 1. The highest BCUT2D eigenvalue weighted by Crippen LogP contribution is 2.19. The van der Waals surface area contributed by atoms with Crippen molar-refractivity contribution in [3.8, 4) is 0 Å². The second-order valence-electron chi connectivity index (χ2n) is 4.62. The number of aromatic nitrogens is 1. The normalized spacial score (nSPS) is 11.0. The largest absolute Gasteiger partial charge is 0.319 e. The molecule has 0 aliphatic heterocycles. The van der Waals surface area contributed by atoms with Gasteiger partial charge in [0.05, 0.1) is 6.54 Å². The van der Waals surface area contributed by atoms with Crippen LogP contribution in [0, 0.1) is 5.41 Å². The van der Waals surface area contributed by atoms with Crippen LogP contribution in [0.3, 0.4) is 0 Å². The Morgan fingerprint density at radius 3 is 2.68 bits per heavy atom. The third-order valence-electron chi connectivity index (χ3n) is 3.36. The van der Waals surface area contributed by atoms with Crippen molar-refractivity contribution in [3.63, 3.8) is 0 Å². The molecule has 0 radical (unpaired) electrons. The zero-order valence-electron chi connectivity index (χ0n) is 10.9. The van der Waals surface area contributed by atoms with E-state index in [0.717, 1.165) is 13.0 Å². The van der Waals surface area contributed by atoms with Crippen LogP contribution in [0.15, 0.2) is 48.7 Å². The summed E-state index contributed by atoms with van der Waals surface area (Å²) in [7, 11) is 0. The van der Waals surface area contributed by atoms with Crippen molar-refractivity contribution < 1.29 is 0 Å². The van der Waals surface area contributed by atoms with Crippen molar-refractivity contribution in [2.75, 3.05) is 0 Å². The minimum Gasteiger partial charge on any atom is -0.319 e. The van der Waals surface area contributed by atoms with Crippen LogP contribution < -0.4 is 4.80 Å². The van der Waals surface area contributed by atoms with E-state index < -0.39 is 0 Å². The van der Waals surface area contributed by atoms with E-state index in [-0.39, 0.29) is 0 Å². The van der Waals surface area contributed by atoms with Crippen LogP contribution >= 0.6 is 11.3 Å².